The van der Waals surface area contributed by atoms with Crippen molar-refractivity contribution in [1.29, 1.82) is 0 Å². The Hall–Kier alpha value is -1.67. The van der Waals surface area contributed by atoms with Crippen LogP contribution in [0.1, 0.15) is 16.7 Å². The summed E-state index contributed by atoms with van der Waals surface area (Å²) in [5.41, 5.74) is 2.19. The van der Waals surface area contributed by atoms with Gasteiger partial charge in [0.05, 0.1) is 0 Å². The third-order valence-corrected chi connectivity index (χ3v) is 3.86. The Morgan fingerprint density at radius 3 is 1.05 bits per heavy atom. The Labute approximate surface area is 153 Å². The third kappa shape index (κ3) is 2.93. The van der Waals surface area contributed by atoms with Crippen LogP contribution < -0.4 is 0 Å². The molecule has 0 bridgehead atoms. The van der Waals surface area contributed by atoms with E-state index in [0.717, 1.165) is 23.0 Å². The molecule has 3 aromatic carbocycles. The van der Waals surface area contributed by atoms with Crippen molar-refractivity contribution >= 4 is 35.8 Å². The van der Waals surface area contributed by atoms with E-state index < -0.39 is 5.41 Å². The zero-order valence-electron chi connectivity index (χ0n) is 11.6. The maximum atomic E-state index is 12.2. The molecule has 22 heavy (non-hydrogen) atoms. The molecule has 0 N–H and O–H groups in total. The van der Waals surface area contributed by atoms with E-state index in [2.05, 4.69) is 0 Å². The van der Waals surface area contributed by atoms with E-state index in [1.807, 2.05) is 91.0 Å². The minimum atomic E-state index is -0.760. The van der Waals surface area contributed by atoms with Gasteiger partial charge in [0, 0.05) is 0 Å². The summed E-state index contributed by atoms with van der Waals surface area (Å²) in [6.45, 7) is 0. The Morgan fingerprint density at radius 2 is 0.818 bits per heavy atom. The molecule has 0 atom stereocenters. The van der Waals surface area contributed by atoms with Gasteiger partial charge in [0.15, 0.2) is 0 Å². The number of carbonyl (C=O) groups excluding carboxylic acids is 1. The molecule has 0 saturated heterocycles. The first kappa shape index (κ1) is 16.7. The fraction of sp³-hybridized carbons (Fsp3) is 0.0500. The Kier molecular flexibility index (Phi) is 5.73. The average molecular weight is 296 g/mol. The van der Waals surface area contributed by atoms with Crippen molar-refractivity contribution in [3.05, 3.63) is 108 Å². The van der Waals surface area contributed by atoms with Gasteiger partial charge < -0.3 is 4.79 Å². The van der Waals surface area contributed by atoms with Crippen molar-refractivity contribution in [2.24, 2.45) is 0 Å². The number of rotatable bonds is 4. The van der Waals surface area contributed by atoms with E-state index in [1.54, 1.807) is 0 Å². The summed E-state index contributed by atoms with van der Waals surface area (Å²) < 4.78 is 0. The molecular weight excluding hydrogens is 279 g/mol. The molecule has 0 aliphatic heterocycles. The summed E-state index contributed by atoms with van der Waals surface area (Å²) in [7, 11) is 0. The normalized spacial score (nSPS) is 10.5. The summed E-state index contributed by atoms with van der Waals surface area (Å²) in [5.74, 6) is 0. The molecule has 0 unspecified atom stereocenters. The molecule has 3 aromatic rings. The minimum absolute atomic E-state index is 0. The summed E-state index contributed by atoms with van der Waals surface area (Å²) in [4.78, 5) is 12.2. The van der Waals surface area contributed by atoms with E-state index >= 15 is 0 Å². The van der Waals surface area contributed by atoms with Gasteiger partial charge in [-0.3, -0.25) is 0 Å². The Morgan fingerprint density at radius 1 is 0.545 bits per heavy atom. The van der Waals surface area contributed by atoms with E-state index in [1.165, 1.54) is 0 Å². The van der Waals surface area contributed by atoms with E-state index in [0.29, 0.717) is 0 Å². The van der Waals surface area contributed by atoms with Gasteiger partial charge in [-0.25, -0.2) is 0 Å². The van der Waals surface area contributed by atoms with Gasteiger partial charge in [0.25, 0.3) is 0 Å². The van der Waals surface area contributed by atoms with Crippen molar-refractivity contribution in [3.8, 4) is 0 Å². The molecule has 2 heteroatoms. The molecule has 0 radical (unpaired) electrons. The van der Waals surface area contributed by atoms with Gasteiger partial charge in [-0.05, 0) is 16.7 Å². The molecule has 0 saturated carbocycles. The van der Waals surface area contributed by atoms with Crippen LogP contribution in [0.5, 0.6) is 0 Å². The van der Waals surface area contributed by atoms with Gasteiger partial charge in [-0.2, -0.15) is 0 Å². The van der Waals surface area contributed by atoms with Crippen molar-refractivity contribution in [2.75, 3.05) is 0 Å². The number of benzene rings is 3. The Balaban J connectivity index is 0.00000176. The van der Waals surface area contributed by atoms with Crippen LogP contribution in [0.15, 0.2) is 91.0 Å². The summed E-state index contributed by atoms with van der Waals surface area (Å²) in [5, 5.41) is 0. The van der Waals surface area contributed by atoms with E-state index in [9.17, 15) is 4.79 Å². The van der Waals surface area contributed by atoms with E-state index in [-0.39, 0.29) is 29.6 Å². The molecule has 0 spiro atoms. The molecule has 0 amide bonds. The van der Waals surface area contributed by atoms with Gasteiger partial charge in [-0.15, -0.1) is 0 Å². The standard InChI is InChI=1S/C20H16O.Na.H/c21-16-20(17-10-4-1-5-11-17,18-12-6-2-7-13-18)19-14-8-3-9-15-19;;/h1-16H;;. The van der Waals surface area contributed by atoms with E-state index in [4.69, 9.17) is 0 Å². The van der Waals surface area contributed by atoms with Gasteiger partial charge in [0.1, 0.15) is 11.7 Å². The molecule has 3 rings (SSSR count). The van der Waals surface area contributed by atoms with Crippen LogP contribution in [-0.4, -0.2) is 35.8 Å². The molecular formula is C20H17NaO. The first-order valence-corrected chi connectivity index (χ1v) is 7.01. The third-order valence-electron chi connectivity index (χ3n) is 3.86. The molecule has 1 nitrogen and oxygen atoms in total. The number of carbonyl (C=O) groups is 1. The van der Waals surface area contributed by atoms with Crippen LogP contribution in [0.25, 0.3) is 0 Å². The van der Waals surface area contributed by atoms with Crippen LogP contribution in [0, 0.1) is 0 Å². The van der Waals surface area contributed by atoms with Crippen LogP contribution in [0.3, 0.4) is 0 Å². The average Bonchev–Trinajstić information content (AvgIpc) is 2.59. The zero-order chi connectivity index (χ0) is 14.5. The molecule has 104 valence electrons. The molecule has 0 aliphatic carbocycles. The number of aldehydes is 1. The second kappa shape index (κ2) is 7.55. The van der Waals surface area contributed by atoms with Gasteiger partial charge in [0.2, 0.25) is 0 Å². The monoisotopic (exact) mass is 296 g/mol. The van der Waals surface area contributed by atoms with Crippen LogP contribution in [-0.2, 0) is 10.2 Å². The quantitative estimate of drug-likeness (QED) is 0.409. The predicted molar refractivity (Wildman–Crippen MR) is 92.4 cm³/mol. The fourth-order valence-corrected chi connectivity index (χ4v) is 2.81. The summed E-state index contributed by atoms with van der Waals surface area (Å²) >= 11 is 0. The predicted octanol–water partition coefficient (Wildman–Crippen LogP) is 3.57. The van der Waals surface area contributed by atoms with Crippen LogP contribution in [0.2, 0.25) is 0 Å². The second-order valence-electron chi connectivity index (χ2n) is 5.02. The van der Waals surface area contributed by atoms with Crippen molar-refractivity contribution < 1.29 is 4.79 Å². The zero-order valence-corrected chi connectivity index (χ0v) is 11.6. The van der Waals surface area contributed by atoms with Gasteiger partial charge in [-0.1, -0.05) is 91.0 Å². The van der Waals surface area contributed by atoms with Crippen LogP contribution >= 0.6 is 0 Å². The topological polar surface area (TPSA) is 17.1 Å². The summed E-state index contributed by atoms with van der Waals surface area (Å²) in [6, 6.07) is 29.8. The fourth-order valence-electron chi connectivity index (χ4n) is 2.81. The number of hydrogen-bond acceptors (Lipinski definition) is 1. The van der Waals surface area contributed by atoms with Gasteiger partial charge >= 0.3 is 29.6 Å². The molecule has 0 fully saturated rings. The van der Waals surface area contributed by atoms with Crippen molar-refractivity contribution in [3.63, 3.8) is 0 Å². The SMILES string of the molecule is O=CC(c1ccccc1)(c1ccccc1)c1ccccc1.[NaH]. The summed E-state index contributed by atoms with van der Waals surface area (Å²) in [6.07, 6.45) is 1.05. The first-order chi connectivity index (χ1) is 10.4. The number of hydrogen-bond donors (Lipinski definition) is 0. The Bertz CT molecular complexity index is 612. The van der Waals surface area contributed by atoms with Crippen LogP contribution in [0.4, 0.5) is 0 Å². The molecule has 0 aromatic heterocycles. The van der Waals surface area contributed by atoms with Crippen molar-refractivity contribution in [2.45, 2.75) is 5.41 Å². The molecule has 0 heterocycles. The molecule has 0 aliphatic rings. The second-order valence-corrected chi connectivity index (χ2v) is 5.02. The van der Waals surface area contributed by atoms with Crippen molar-refractivity contribution in [1.82, 2.24) is 0 Å². The maximum absolute atomic E-state index is 12.2. The first-order valence-electron chi connectivity index (χ1n) is 7.01.